The van der Waals surface area contributed by atoms with E-state index in [0.717, 1.165) is 40.2 Å². The van der Waals surface area contributed by atoms with Crippen molar-refractivity contribution in [2.75, 3.05) is 11.9 Å². The molecule has 0 saturated heterocycles. The van der Waals surface area contributed by atoms with Crippen molar-refractivity contribution >= 4 is 44.3 Å². The van der Waals surface area contributed by atoms with E-state index in [1.807, 2.05) is 10.9 Å². The Morgan fingerprint density at radius 2 is 1.96 bits per heavy atom. The second-order valence-electron chi connectivity index (χ2n) is 5.84. The number of hydrogen-bond donors (Lipinski definition) is 1. The van der Waals surface area contributed by atoms with Crippen LogP contribution in [0.4, 0.5) is 5.82 Å². The first kappa shape index (κ1) is 16.1. The molecule has 0 saturated carbocycles. The number of aromatic nitrogens is 3. The summed E-state index contributed by atoms with van der Waals surface area (Å²) in [4.78, 5) is 4.31. The lowest BCUT2D eigenvalue weighted by Gasteiger charge is -2.09. The molecule has 1 aliphatic rings. The molecule has 0 atom stereocenters. The molecule has 0 unspecified atom stereocenters. The lowest BCUT2D eigenvalue weighted by molar-refractivity contribution is 0.780. The summed E-state index contributed by atoms with van der Waals surface area (Å²) in [5, 5.41) is 8.51. The van der Waals surface area contributed by atoms with Crippen LogP contribution in [0.25, 0.3) is 16.9 Å². The van der Waals surface area contributed by atoms with E-state index in [1.165, 1.54) is 22.0 Å². The third-order valence-corrected chi connectivity index (χ3v) is 5.33. The third-order valence-electron chi connectivity index (χ3n) is 4.18. The topological polar surface area (TPSA) is 42.7 Å². The van der Waals surface area contributed by atoms with Crippen molar-refractivity contribution in [3.8, 4) is 16.9 Å². The summed E-state index contributed by atoms with van der Waals surface area (Å²) < 4.78 is 4.23. The van der Waals surface area contributed by atoms with E-state index in [9.17, 15) is 0 Å². The average molecular weight is 495 g/mol. The van der Waals surface area contributed by atoms with Crippen LogP contribution in [-0.2, 0) is 6.42 Å². The first-order valence-corrected chi connectivity index (χ1v) is 9.82. The number of nitrogens with zero attached hydrogens (tertiary/aromatic N) is 3. The number of benzene rings is 1. The second-order valence-corrected chi connectivity index (χ2v) is 8.00. The normalized spacial score (nSPS) is 13.9. The van der Waals surface area contributed by atoms with E-state index in [2.05, 4.69) is 79.2 Å². The van der Waals surface area contributed by atoms with Crippen LogP contribution in [-0.4, -0.2) is 21.3 Å². The van der Waals surface area contributed by atoms with E-state index < -0.39 is 0 Å². The van der Waals surface area contributed by atoms with Gasteiger partial charge in [-0.25, -0.2) is 4.68 Å². The van der Waals surface area contributed by atoms with E-state index in [1.54, 1.807) is 6.20 Å². The van der Waals surface area contributed by atoms with E-state index >= 15 is 0 Å². The first-order valence-electron chi connectivity index (χ1n) is 7.95. The highest BCUT2D eigenvalue weighted by Gasteiger charge is 2.21. The summed E-state index contributed by atoms with van der Waals surface area (Å²) in [5.74, 6) is 1.11. The van der Waals surface area contributed by atoms with Gasteiger partial charge in [-0.05, 0) is 88.1 Å². The molecule has 2 aromatic heterocycles. The van der Waals surface area contributed by atoms with Crippen molar-refractivity contribution in [1.29, 1.82) is 0 Å². The van der Waals surface area contributed by atoms with Crippen LogP contribution >= 0.6 is 38.5 Å². The first-order chi connectivity index (χ1) is 11.7. The molecule has 1 aromatic carbocycles. The number of fused-ring (bicyclic) bond motifs is 1. The summed E-state index contributed by atoms with van der Waals surface area (Å²) in [6, 6.07) is 10.5. The summed E-state index contributed by atoms with van der Waals surface area (Å²) >= 11 is 5.84. The minimum absolute atomic E-state index is 0.971. The third kappa shape index (κ3) is 3.09. The highest BCUT2D eigenvalue weighted by Crippen LogP contribution is 2.34. The van der Waals surface area contributed by atoms with Crippen LogP contribution in [0.3, 0.4) is 0 Å². The Bertz CT molecular complexity index is 873. The van der Waals surface area contributed by atoms with Crippen molar-refractivity contribution < 1.29 is 0 Å². The molecule has 0 spiro atoms. The van der Waals surface area contributed by atoms with Crippen LogP contribution in [0.1, 0.15) is 18.4 Å². The fourth-order valence-corrected chi connectivity index (χ4v) is 3.77. The van der Waals surface area contributed by atoms with Gasteiger partial charge in [0.25, 0.3) is 0 Å². The Hall–Kier alpha value is -1.41. The molecule has 4 nitrogen and oxygen atoms in total. The van der Waals surface area contributed by atoms with Gasteiger partial charge in [0.1, 0.15) is 5.82 Å². The van der Waals surface area contributed by atoms with Gasteiger partial charge in [0.2, 0.25) is 0 Å². The van der Waals surface area contributed by atoms with Crippen molar-refractivity contribution in [2.45, 2.75) is 19.3 Å². The number of nitrogens with one attached hydrogen (secondary N) is 1. The molecule has 0 bridgehead atoms. The lowest BCUT2D eigenvalue weighted by atomic mass is 10.1. The van der Waals surface area contributed by atoms with Gasteiger partial charge in [-0.3, -0.25) is 4.98 Å². The molecular weight excluding hydrogens is 479 g/mol. The van der Waals surface area contributed by atoms with Crippen molar-refractivity contribution in [3.63, 3.8) is 0 Å². The number of halogens is 2. The Morgan fingerprint density at radius 1 is 1.12 bits per heavy atom. The molecular formula is C18H16BrIN4. The molecule has 3 aromatic rings. The molecule has 0 amide bonds. The van der Waals surface area contributed by atoms with Gasteiger partial charge >= 0.3 is 0 Å². The van der Waals surface area contributed by atoms with Gasteiger partial charge in [0.05, 0.1) is 11.4 Å². The quantitative estimate of drug-likeness (QED) is 0.507. The van der Waals surface area contributed by atoms with Gasteiger partial charge in [-0.1, -0.05) is 0 Å². The predicted molar refractivity (Wildman–Crippen MR) is 109 cm³/mol. The highest BCUT2D eigenvalue weighted by molar-refractivity contribution is 14.1. The van der Waals surface area contributed by atoms with Gasteiger partial charge in [0, 0.05) is 38.1 Å². The zero-order valence-corrected chi connectivity index (χ0v) is 16.7. The SMILES string of the molecule is Brc1cncc(-c2nn(-c3ccc(I)cc3)c3c2CCCCN3)c1. The van der Waals surface area contributed by atoms with Crippen LogP contribution in [0.15, 0.2) is 47.2 Å². The minimum Gasteiger partial charge on any atom is -0.370 e. The monoisotopic (exact) mass is 494 g/mol. The molecule has 0 radical (unpaired) electrons. The molecule has 6 heteroatoms. The number of rotatable bonds is 2. The Kier molecular flexibility index (Phi) is 4.58. The maximum absolute atomic E-state index is 4.94. The van der Waals surface area contributed by atoms with Gasteiger partial charge in [-0.2, -0.15) is 5.10 Å². The standard InChI is InChI=1S/C18H16BrIN4/c19-13-9-12(10-21-11-13)17-16-3-1-2-8-22-18(16)24(23-17)15-6-4-14(20)5-7-15/h4-7,9-11,22H,1-3,8H2. The van der Waals surface area contributed by atoms with Gasteiger partial charge in [-0.15, -0.1) is 0 Å². The maximum atomic E-state index is 4.94. The van der Waals surface area contributed by atoms with Crippen LogP contribution < -0.4 is 5.32 Å². The van der Waals surface area contributed by atoms with Crippen molar-refractivity contribution in [2.24, 2.45) is 0 Å². The fourth-order valence-electron chi connectivity index (χ4n) is 3.04. The summed E-state index contributed by atoms with van der Waals surface area (Å²) in [6.45, 7) is 0.985. The highest BCUT2D eigenvalue weighted by atomic mass is 127. The average Bonchev–Trinajstić information content (AvgIpc) is 2.77. The van der Waals surface area contributed by atoms with Crippen molar-refractivity contribution in [1.82, 2.24) is 14.8 Å². The fraction of sp³-hybridized carbons (Fsp3) is 0.222. The maximum Gasteiger partial charge on any atom is 0.133 e. The molecule has 24 heavy (non-hydrogen) atoms. The van der Waals surface area contributed by atoms with Gasteiger partial charge in [0.15, 0.2) is 0 Å². The summed E-state index contributed by atoms with van der Waals surface area (Å²) in [7, 11) is 0. The predicted octanol–water partition coefficient (Wildman–Crippen LogP) is 5.05. The largest absolute Gasteiger partial charge is 0.370 e. The number of hydrogen-bond acceptors (Lipinski definition) is 3. The van der Waals surface area contributed by atoms with Crippen LogP contribution in [0.5, 0.6) is 0 Å². The number of anilines is 1. The second kappa shape index (κ2) is 6.84. The molecule has 1 N–H and O–H groups in total. The molecule has 0 fully saturated rings. The van der Waals surface area contributed by atoms with E-state index in [0.29, 0.717) is 0 Å². The van der Waals surface area contributed by atoms with Gasteiger partial charge < -0.3 is 5.32 Å². The lowest BCUT2D eigenvalue weighted by Crippen LogP contribution is -2.07. The molecule has 1 aliphatic heterocycles. The zero-order valence-electron chi connectivity index (χ0n) is 13.0. The van der Waals surface area contributed by atoms with Crippen molar-refractivity contribution in [3.05, 3.63) is 56.3 Å². The number of pyridine rings is 1. The van der Waals surface area contributed by atoms with Crippen LogP contribution in [0.2, 0.25) is 0 Å². The zero-order chi connectivity index (χ0) is 16.5. The smallest absolute Gasteiger partial charge is 0.133 e. The summed E-state index contributed by atoms with van der Waals surface area (Å²) in [6.07, 6.45) is 7.08. The Balaban J connectivity index is 1.90. The Labute approximate surface area is 163 Å². The van der Waals surface area contributed by atoms with E-state index in [4.69, 9.17) is 5.10 Å². The minimum atomic E-state index is 0.971. The molecule has 0 aliphatic carbocycles. The molecule has 122 valence electrons. The molecule has 3 heterocycles. The Morgan fingerprint density at radius 3 is 2.75 bits per heavy atom. The molecule has 4 rings (SSSR count). The van der Waals surface area contributed by atoms with E-state index in [-0.39, 0.29) is 0 Å². The summed E-state index contributed by atoms with van der Waals surface area (Å²) in [5.41, 5.74) is 4.43. The van der Waals surface area contributed by atoms with Crippen LogP contribution in [0, 0.1) is 3.57 Å².